The van der Waals surface area contributed by atoms with E-state index in [1.54, 1.807) is 13.2 Å². The van der Waals surface area contributed by atoms with Gasteiger partial charge >= 0.3 is 0 Å². The molecule has 1 fully saturated rings. The number of nitrogens with zero attached hydrogens (tertiary/aromatic N) is 3. The van der Waals surface area contributed by atoms with E-state index in [-0.39, 0.29) is 11.8 Å². The first-order chi connectivity index (χ1) is 18.9. The number of benzene rings is 2. The summed E-state index contributed by atoms with van der Waals surface area (Å²) in [6.07, 6.45) is 5.02. The topological polar surface area (TPSA) is 110 Å². The lowest BCUT2D eigenvalue weighted by Crippen LogP contribution is -2.37. The summed E-state index contributed by atoms with van der Waals surface area (Å²) in [5.74, 6) is 0.511. The average molecular weight is 530 g/mol. The maximum atomic E-state index is 13.5. The third-order valence-electron chi connectivity index (χ3n) is 7.59. The summed E-state index contributed by atoms with van der Waals surface area (Å²) in [4.78, 5) is 41.3. The summed E-state index contributed by atoms with van der Waals surface area (Å²) >= 11 is 0. The molecule has 3 N–H and O–H groups in total. The van der Waals surface area contributed by atoms with Gasteiger partial charge in [0.05, 0.1) is 18.2 Å². The van der Waals surface area contributed by atoms with Crippen LogP contribution < -0.4 is 15.8 Å². The van der Waals surface area contributed by atoms with Crippen molar-refractivity contribution in [3.63, 3.8) is 0 Å². The van der Waals surface area contributed by atoms with E-state index in [9.17, 15) is 14.4 Å². The number of primary amides is 1. The van der Waals surface area contributed by atoms with Crippen molar-refractivity contribution in [3.8, 4) is 11.4 Å². The van der Waals surface area contributed by atoms with Crippen LogP contribution in [-0.4, -0.2) is 65.4 Å². The maximum Gasteiger partial charge on any atom is 0.256 e. The number of nitrogens with two attached hydrogens (primary N) is 1. The van der Waals surface area contributed by atoms with Gasteiger partial charge in [0.25, 0.3) is 11.8 Å². The molecule has 0 unspecified atom stereocenters. The monoisotopic (exact) mass is 529 g/mol. The summed E-state index contributed by atoms with van der Waals surface area (Å²) in [6.45, 7) is 5.22. The fourth-order valence-electron chi connectivity index (χ4n) is 5.53. The fraction of sp³-hybridized carbons (Fsp3) is 0.367. The molecule has 1 aromatic heterocycles. The molecule has 5 rings (SSSR count). The number of likely N-dealkylation sites (tertiary alicyclic amines) is 1. The Kier molecular flexibility index (Phi) is 7.58. The molecular formula is C30H35N5O4. The second kappa shape index (κ2) is 11.2. The quantitative estimate of drug-likeness (QED) is 0.391. The first-order valence-corrected chi connectivity index (χ1v) is 13.4. The lowest BCUT2D eigenvalue weighted by atomic mass is 10.0. The van der Waals surface area contributed by atoms with Gasteiger partial charge in [-0.15, -0.1) is 0 Å². The Morgan fingerprint density at radius 1 is 1.05 bits per heavy atom. The van der Waals surface area contributed by atoms with Gasteiger partial charge in [-0.1, -0.05) is 12.1 Å². The van der Waals surface area contributed by atoms with Crippen molar-refractivity contribution in [2.45, 2.75) is 39.2 Å². The van der Waals surface area contributed by atoms with Gasteiger partial charge in [-0.3, -0.25) is 14.4 Å². The predicted octanol–water partition coefficient (Wildman–Crippen LogP) is 3.52. The molecule has 2 aliphatic rings. The molecular weight excluding hydrogens is 494 g/mol. The van der Waals surface area contributed by atoms with Crippen molar-refractivity contribution in [1.29, 1.82) is 0 Å². The van der Waals surface area contributed by atoms with Crippen LogP contribution in [0.1, 0.15) is 56.8 Å². The molecule has 3 amide bonds. The second-order valence-corrected chi connectivity index (χ2v) is 10.2. The first kappa shape index (κ1) is 26.3. The van der Waals surface area contributed by atoms with E-state index in [1.807, 2.05) is 63.9 Å². The highest BCUT2D eigenvalue weighted by molar-refractivity contribution is 5.99. The SMILES string of the molecule is COc1ccc(CN2CCc3c(c(C)cn3-c3ccc(C(N)=O)c(NCCCN4CCCC4=O)c3)C2=O)cc1. The number of nitrogens with one attached hydrogen (secondary N) is 1. The number of aryl methyl sites for hydroxylation is 1. The van der Waals surface area contributed by atoms with Crippen LogP contribution in [0.4, 0.5) is 5.69 Å². The van der Waals surface area contributed by atoms with Gasteiger partial charge in [-0.05, 0) is 61.2 Å². The normalized spacial score (nSPS) is 15.0. The van der Waals surface area contributed by atoms with Crippen LogP contribution in [0.5, 0.6) is 5.75 Å². The van der Waals surface area contributed by atoms with Crippen LogP contribution in [0.15, 0.2) is 48.7 Å². The number of anilines is 1. The number of carbonyl (C=O) groups excluding carboxylic acids is 3. The van der Waals surface area contributed by atoms with Gasteiger partial charge in [0.2, 0.25) is 5.91 Å². The number of carbonyl (C=O) groups is 3. The molecule has 204 valence electrons. The molecule has 0 aliphatic carbocycles. The van der Waals surface area contributed by atoms with E-state index in [4.69, 9.17) is 10.5 Å². The van der Waals surface area contributed by atoms with E-state index in [1.165, 1.54) is 0 Å². The molecule has 9 nitrogen and oxygen atoms in total. The van der Waals surface area contributed by atoms with Crippen molar-refractivity contribution >= 4 is 23.4 Å². The molecule has 0 spiro atoms. The number of fused-ring (bicyclic) bond motifs is 1. The zero-order valence-corrected chi connectivity index (χ0v) is 22.5. The van der Waals surface area contributed by atoms with Gasteiger partial charge in [0.15, 0.2) is 0 Å². The Hall–Kier alpha value is -4.27. The standard InChI is InChI=1S/C30H35N5O4/c1-20-18-35(26-12-16-34(30(38)28(20)26)19-21-6-9-23(39-2)10-7-21)22-8-11-24(29(31)37)25(17-22)32-13-4-15-33-14-3-5-27(33)36/h6-11,17-18,32H,3-5,12-16,19H2,1-2H3,(H2,31,37). The molecule has 3 aromatic rings. The second-order valence-electron chi connectivity index (χ2n) is 10.2. The zero-order chi connectivity index (χ0) is 27.5. The summed E-state index contributed by atoms with van der Waals surface area (Å²) in [5, 5.41) is 3.35. The number of rotatable bonds is 10. The maximum absolute atomic E-state index is 13.5. The van der Waals surface area contributed by atoms with E-state index in [0.717, 1.165) is 59.6 Å². The van der Waals surface area contributed by atoms with Crippen LogP contribution in [0.3, 0.4) is 0 Å². The molecule has 0 radical (unpaired) electrons. The van der Waals surface area contributed by atoms with Crippen molar-refractivity contribution in [1.82, 2.24) is 14.4 Å². The number of methoxy groups -OCH3 is 1. The minimum absolute atomic E-state index is 0.0203. The van der Waals surface area contributed by atoms with Gasteiger partial charge in [0, 0.05) is 68.8 Å². The number of hydrogen-bond acceptors (Lipinski definition) is 5. The Labute approximate surface area is 228 Å². The molecule has 0 atom stereocenters. The van der Waals surface area contributed by atoms with Crippen LogP contribution >= 0.6 is 0 Å². The van der Waals surface area contributed by atoms with E-state index < -0.39 is 5.91 Å². The highest BCUT2D eigenvalue weighted by atomic mass is 16.5. The minimum Gasteiger partial charge on any atom is -0.497 e. The van der Waals surface area contributed by atoms with Gasteiger partial charge in [0.1, 0.15) is 5.75 Å². The summed E-state index contributed by atoms with van der Waals surface area (Å²) in [6, 6.07) is 13.3. The molecule has 39 heavy (non-hydrogen) atoms. The number of amides is 3. The van der Waals surface area contributed by atoms with Crippen molar-refractivity contribution in [3.05, 3.63) is 76.6 Å². The van der Waals surface area contributed by atoms with Crippen LogP contribution in [-0.2, 0) is 17.8 Å². The minimum atomic E-state index is -0.506. The largest absolute Gasteiger partial charge is 0.497 e. The lowest BCUT2D eigenvalue weighted by molar-refractivity contribution is -0.127. The molecule has 0 saturated carbocycles. The molecule has 2 aromatic carbocycles. The predicted molar refractivity (Wildman–Crippen MR) is 149 cm³/mol. The Balaban J connectivity index is 1.33. The van der Waals surface area contributed by atoms with Gasteiger partial charge < -0.3 is 30.2 Å². The first-order valence-electron chi connectivity index (χ1n) is 13.4. The molecule has 0 bridgehead atoms. The van der Waals surface area contributed by atoms with Gasteiger partial charge in [-0.25, -0.2) is 0 Å². The van der Waals surface area contributed by atoms with Crippen molar-refractivity contribution in [2.75, 3.05) is 38.6 Å². The summed E-state index contributed by atoms with van der Waals surface area (Å²) in [5.41, 5.74) is 11.2. The Morgan fingerprint density at radius 2 is 1.85 bits per heavy atom. The number of aromatic nitrogens is 1. The van der Waals surface area contributed by atoms with E-state index in [0.29, 0.717) is 43.9 Å². The Morgan fingerprint density at radius 3 is 2.54 bits per heavy atom. The number of hydrogen-bond donors (Lipinski definition) is 2. The zero-order valence-electron chi connectivity index (χ0n) is 22.5. The summed E-state index contributed by atoms with van der Waals surface area (Å²) in [7, 11) is 1.64. The highest BCUT2D eigenvalue weighted by Crippen LogP contribution is 2.30. The van der Waals surface area contributed by atoms with Gasteiger partial charge in [-0.2, -0.15) is 0 Å². The molecule has 1 saturated heterocycles. The fourth-order valence-corrected chi connectivity index (χ4v) is 5.53. The molecule has 2 aliphatic heterocycles. The molecule has 9 heteroatoms. The summed E-state index contributed by atoms with van der Waals surface area (Å²) < 4.78 is 7.29. The van der Waals surface area contributed by atoms with E-state index in [2.05, 4.69) is 5.32 Å². The average Bonchev–Trinajstić information content (AvgIpc) is 3.50. The van der Waals surface area contributed by atoms with Crippen LogP contribution in [0.25, 0.3) is 5.69 Å². The lowest BCUT2D eigenvalue weighted by Gasteiger charge is -2.28. The van der Waals surface area contributed by atoms with Crippen molar-refractivity contribution < 1.29 is 19.1 Å². The van der Waals surface area contributed by atoms with Crippen molar-refractivity contribution in [2.24, 2.45) is 5.73 Å². The Bertz CT molecular complexity index is 1400. The van der Waals surface area contributed by atoms with Crippen LogP contribution in [0, 0.1) is 6.92 Å². The highest BCUT2D eigenvalue weighted by Gasteiger charge is 2.30. The van der Waals surface area contributed by atoms with Crippen LogP contribution in [0.2, 0.25) is 0 Å². The third-order valence-corrected chi connectivity index (χ3v) is 7.59. The molecule has 3 heterocycles. The number of ether oxygens (including phenoxy) is 1. The smallest absolute Gasteiger partial charge is 0.256 e. The third kappa shape index (κ3) is 5.48. The van der Waals surface area contributed by atoms with E-state index >= 15 is 0 Å².